The van der Waals surface area contributed by atoms with Crippen LogP contribution < -0.4 is 0 Å². The molecular weight excluding hydrogens is 1260 g/mol. The molecule has 7 aliphatic heterocycles. The van der Waals surface area contributed by atoms with Gasteiger partial charge in [-0.25, -0.2) is 0 Å². The second-order valence-corrected chi connectivity index (χ2v) is 32.8. The maximum absolute atomic E-state index is 12.4. The second-order valence-electron chi connectivity index (χ2n) is 32.8. The molecule has 23 nitrogen and oxygen atoms in total. The fourth-order valence-corrected chi connectivity index (χ4v) is 19.2. The van der Waals surface area contributed by atoms with E-state index in [1.54, 1.807) is 0 Å². The van der Waals surface area contributed by atoms with Gasteiger partial charge in [-0.15, -0.1) is 0 Å². The predicted octanol–water partition coefficient (Wildman–Crippen LogP) is 9.28. The number of hydrogen-bond donors (Lipinski definition) is 0. The Morgan fingerprint density at radius 1 is 0.546 bits per heavy atom. The van der Waals surface area contributed by atoms with E-state index in [1.807, 2.05) is 83.1 Å². The molecule has 15 fully saturated rings. The molecular formula is C74H106O23. The summed E-state index contributed by atoms with van der Waals surface area (Å²) >= 11 is 0. The molecule has 0 aromatic heterocycles. The van der Waals surface area contributed by atoms with E-state index in [4.69, 9.17) is 56.8 Å². The van der Waals surface area contributed by atoms with Gasteiger partial charge in [-0.1, -0.05) is 55.4 Å². The topological polar surface area (TPSA) is 299 Å². The van der Waals surface area contributed by atoms with Crippen LogP contribution in [0, 0.1) is 110 Å². The van der Waals surface area contributed by atoms with Crippen molar-refractivity contribution >= 4 is 65.7 Å². The number of methoxy groups -OCH3 is 1. The SMILES string of the molecule is CCC(C)(C)C(=O)OC1C2CC3C(=O)OC1C3O2.CCC(C)(C)C(=O)OC1C2CC3C1OC(=O)C3C2C(=O)OC.CCC(C)C(=O)OC1CC2CC1C1(COC(=O)C1)C2.CCC(C)C(=O)OC1CC2CC1CC21CCOC1=O.CCC(C)C(=O)OC1CC2CC1CC21COC(=O)C1. The molecule has 0 radical (unpaired) electrons. The van der Waals surface area contributed by atoms with Gasteiger partial charge in [-0.05, 0) is 166 Å². The zero-order chi connectivity index (χ0) is 70.2. The van der Waals surface area contributed by atoms with Gasteiger partial charge < -0.3 is 56.8 Å². The van der Waals surface area contributed by atoms with Crippen LogP contribution in [0.5, 0.6) is 0 Å². The van der Waals surface area contributed by atoms with Crippen LogP contribution in [0.25, 0.3) is 0 Å². The summed E-state index contributed by atoms with van der Waals surface area (Å²) < 4.78 is 64.9. The highest BCUT2D eigenvalue weighted by Crippen LogP contribution is 2.64. The van der Waals surface area contributed by atoms with Gasteiger partial charge >= 0.3 is 65.7 Å². The maximum Gasteiger partial charge on any atom is 0.312 e. The third kappa shape index (κ3) is 13.5. The third-order valence-electron chi connectivity index (χ3n) is 26.5. The molecule has 0 aromatic carbocycles. The summed E-state index contributed by atoms with van der Waals surface area (Å²) in [5.41, 5.74) is -1.29. The van der Waals surface area contributed by atoms with Crippen LogP contribution in [0.3, 0.4) is 0 Å². The monoisotopic (exact) mass is 1360 g/mol. The van der Waals surface area contributed by atoms with E-state index in [1.165, 1.54) is 7.11 Å². The van der Waals surface area contributed by atoms with Crippen LogP contribution in [0.4, 0.5) is 0 Å². The van der Waals surface area contributed by atoms with Crippen LogP contribution in [0.15, 0.2) is 0 Å². The summed E-state index contributed by atoms with van der Waals surface area (Å²) in [4.78, 5) is 130. The fourth-order valence-electron chi connectivity index (χ4n) is 19.2. The van der Waals surface area contributed by atoms with E-state index in [-0.39, 0.29) is 142 Å². The van der Waals surface area contributed by atoms with Crippen LogP contribution in [-0.4, -0.2) is 148 Å². The lowest BCUT2D eigenvalue weighted by Gasteiger charge is -2.36. The van der Waals surface area contributed by atoms with E-state index < -0.39 is 53.1 Å². The number of fused-ring (bicyclic) bond motifs is 11. The molecule has 26 unspecified atom stereocenters. The minimum absolute atomic E-state index is 0.00768. The highest BCUT2D eigenvalue weighted by Gasteiger charge is 2.71. The van der Waals surface area contributed by atoms with E-state index in [0.29, 0.717) is 93.9 Å². The first kappa shape index (κ1) is 72.4. The standard InChI is InChI=1S/C16H22O6.3C15H22O4.C13H18O5/c1-5-16(2,3)15(19)22-12-7-6-8-10(9(7)13(17)20-4)14(18)21-11(8)12;1-3-9(2)14(17)19-12-5-11-4-10(12)6-15(11)7-13(16)18-8-15;1-3-9(2)14(17)19-12-5-10-4-11(12)15(6-10)7-13(16)18-8-15;1-3-9(2)13(16)19-12-7-11-6-10(12)8-15(11)4-5-18-14(15)17;1-4-13(2,3)12(15)18-9-7-5-6-8(16-7)10(9)17-11(6)14/h7-12H,5-6H2,1-4H3;3*9-12H,3-8H2,1-2H3;6-10H,4-5H2,1-3H3. The van der Waals surface area contributed by atoms with Crippen LogP contribution in [0.2, 0.25) is 0 Å². The number of carbonyl (C=O) groups is 11. The Bertz CT molecular complexity index is 3060. The Morgan fingerprint density at radius 3 is 1.57 bits per heavy atom. The van der Waals surface area contributed by atoms with Crippen molar-refractivity contribution in [1.82, 2.24) is 0 Å². The van der Waals surface area contributed by atoms with Crippen molar-refractivity contribution in [2.24, 2.45) is 110 Å². The smallest absolute Gasteiger partial charge is 0.312 e. The van der Waals surface area contributed by atoms with Crippen molar-refractivity contribution < 1.29 is 110 Å². The molecule has 0 amide bonds. The van der Waals surface area contributed by atoms with E-state index in [0.717, 1.165) is 83.5 Å². The average molecular weight is 1360 g/mol. The highest BCUT2D eigenvalue weighted by molar-refractivity contribution is 5.87. The third-order valence-corrected chi connectivity index (χ3v) is 26.5. The molecule has 15 aliphatic rings. The van der Waals surface area contributed by atoms with Crippen LogP contribution in [0.1, 0.15) is 205 Å². The summed E-state index contributed by atoms with van der Waals surface area (Å²) in [6.45, 7) is 24.6. The minimum atomic E-state index is -0.593. The lowest BCUT2D eigenvalue weighted by molar-refractivity contribution is -0.173. The first-order valence-corrected chi connectivity index (χ1v) is 36.6. The van der Waals surface area contributed by atoms with Gasteiger partial charge in [0.2, 0.25) is 0 Å². The first-order chi connectivity index (χ1) is 45.9. The van der Waals surface area contributed by atoms with E-state index in [2.05, 4.69) is 0 Å². The molecule has 26 atom stereocenters. The van der Waals surface area contributed by atoms with E-state index in [9.17, 15) is 52.7 Å². The Labute approximate surface area is 569 Å². The van der Waals surface area contributed by atoms with Crippen molar-refractivity contribution in [3.05, 3.63) is 0 Å². The Hall–Kier alpha value is -5.87. The van der Waals surface area contributed by atoms with Gasteiger partial charge in [0.25, 0.3) is 0 Å². The molecule has 10 bridgehead atoms. The molecule has 15 rings (SSSR count). The highest BCUT2D eigenvalue weighted by atomic mass is 16.7. The molecule has 8 saturated carbocycles. The normalized spacial score (nSPS) is 40.9. The fraction of sp³-hybridized carbons (Fsp3) is 0.851. The average Bonchev–Trinajstić information content (AvgIpc) is 1.55. The number of ether oxygens (including phenoxy) is 12. The lowest BCUT2D eigenvalue weighted by Crippen LogP contribution is -2.45. The molecule has 23 heteroatoms. The summed E-state index contributed by atoms with van der Waals surface area (Å²) in [6, 6.07) is 0. The van der Waals surface area contributed by atoms with Crippen LogP contribution >= 0.6 is 0 Å². The number of rotatable bonds is 16. The molecule has 97 heavy (non-hydrogen) atoms. The molecule has 7 saturated heterocycles. The quantitative estimate of drug-likeness (QED) is 0.103. The zero-order valence-corrected chi connectivity index (χ0v) is 59.2. The van der Waals surface area contributed by atoms with Gasteiger partial charge in [-0.2, -0.15) is 0 Å². The molecule has 0 aromatic rings. The van der Waals surface area contributed by atoms with Gasteiger partial charge in [0.1, 0.15) is 36.6 Å². The van der Waals surface area contributed by atoms with Crippen molar-refractivity contribution in [1.29, 1.82) is 0 Å². The van der Waals surface area contributed by atoms with Crippen molar-refractivity contribution in [2.45, 2.75) is 260 Å². The Balaban J connectivity index is 0.000000123. The van der Waals surface area contributed by atoms with Crippen molar-refractivity contribution in [3.8, 4) is 0 Å². The summed E-state index contributed by atoms with van der Waals surface area (Å²) in [5, 5.41) is 0. The molecule has 8 aliphatic carbocycles. The second kappa shape index (κ2) is 27.9. The van der Waals surface area contributed by atoms with Gasteiger partial charge in [0, 0.05) is 28.6 Å². The summed E-state index contributed by atoms with van der Waals surface area (Å²) in [7, 11) is 1.31. The molecule has 7 heterocycles. The summed E-state index contributed by atoms with van der Waals surface area (Å²) in [5.74, 6) is -0.722. The summed E-state index contributed by atoms with van der Waals surface area (Å²) in [6.07, 6.45) is 13.9. The number of cyclic esters (lactones) is 3. The molecule has 540 valence electrons. The lowest BCUT2D eigenvalue weighted by atomic mass is 9.71. The van der Waals surface area contributed by atoms with Gasteiger partial charge in [-0.3, -0.25) is 52.7 Å². The molecule has 0 N–H and O–H groups in total. The minimum Gasteiger partial charge on any atom is -0.469 e. The zero-order valence-electron chi connectivity index (χ0n) is 59.2. The largest absolute Gasteiger partial charge is 0.469 e. The molecule has 3 spiro atoms. The Morgan fingerprint density at radius 2 is 1.08 bits per heavy atom. The number of esters is 11. The van der Waals surface area contributed by atoms with E-state index >= 15 is 0 Å². The van der Waals surface area contributed by atoms with Gasteiger partial charge in [0.05, 0.1) is 97.6 Å². The van der Waals surface area contributed by atoms with Crippen molar-refractivity contribution in [2.75, 3.05) is 26.9 Å². The number of hydrogen-bond acceptors (Lipinski definition) is 23. The predicted molar refractivity (Wildman–Crippen MR) is 340 cm³/mol. The number of carbonyl (C=O) groups excluding carboxylic acids is 11. The first-order valence-electron chi connectivity index (χ1n) is 36.6. The van der Waals surface area contributed by atoms with Crippen LogP contribution in [-0.2, 0) is 110 Å². The van der Waals surface area contributed by atoms with Gasteiger partial charge in [0.15, 0.2) is 12.2 Å². The Kier molecular flexibility index (Phi) is 20.8. The van der Waals surface area contributed by atoms with Crippen molar-refractivity contribution in [3.63, 3.8) is 0 Å². The maximum atomic E-state index is 12.4.